The van der Waals surface area contributed by atoms with E-state index in [1.165, 1.54) is 24.2 Å². The summed E-state index contributed by atoms with van der Waals surface area (Å²) in [7, 11) is 3.13. The zero-order valence-electron chi connectivity index (χ0n) is 36.5. The van der Waals surface area contributed by atoms with Crippen LogP contribution in [0.1, 0.15) is 112 Å². The SMILES string of the molecule is CC.CNC(=O)c1c[nH]c2c(C(C)C)cc(N3CCCc4cc(-c5ccc(C(=O)NCc6cncc(-c7cccc8c7CN(C(C)C(=O)NC)C8=O)c6)nc5)c(C(F)F)cc43)cc12. The van der Waals surface area contributed by atoms with E-state index in [0.717, 1.165) is 50.8 Å². The second-order valence-electron chi connectivity index (χ2n) is 15.8. The van der Waals surface area contributed by atoms with Crippen molar-refractivity contribution < 1.29 is 28.0 Å². The van der Waals surface area contributed by atoms with E-state index < -0.39 is 18.4 Å². The van der Waals surface area contributed by atoms with Gasteiger partial charge in [0.15, 0.2) is 0 Å². The number of rotatable bonds is 11. The Morgan fingerprint density at radius 3 is 2.33 bits per heavy atom. The molecule has 4 N–H and O–H groups in total. The minimum atomic E-state index is -2.78. The summed E-state index contributed by atoms with van der Waals surface area (Å²) in [4.78, 5) is 67.3. The van der Waals surface area contributed by atoms with Crippen LogP contribution in [0.5, 0.6) is 0 Å². The van der Waals surface area contributed by atoms with Gasteiger partial charge < -0.3 is 30.7 Å². The van der Waals surface area contributed by atoms with Crippen molar-refractivity contribution in [2.45, 2.75) is 78.9 Å². The lowest BCUT2D eigenvalue weighted by Crippen LogP contribution is -2.44. The van der Waals surface area contributed by atoms with Gasteiger partial charge in [-0.2, -0.15) is 0 Å². The van der Waals surface area contributed by atoms with Crippen LogP contribution in [0.2, 0.25) is 0 Å². The summed E-state index contributed by atoms with van der Waals surface area (Å²) in [5, 5.41) is 8.96. The van der Waals surface area contributed by atoms with E-state index in [4.69, 9.17) is 0 Å². The number of anilines is 2. The lowest BCUT2D eigenvalue weighted by molar-refractivity contribution is -0.124. The molecule has 0 saturated heterocycles. The zero-order valence-corrected chi connectivity index (χ0v) is 36.5. The van der Waals surface area contributed by atoms with Crippen LogP contribution >= 0.6 is 0 Å². The quantitative estimate of drug-likeness (QED) is 0.102. The van der Waals surface area contributed by atoms with Gasteiger partial charge in [-0.25, -0.2) is 8.78 Å². The number of likely N-dealkylation sites (N-methyl/N-ethyl adjacent to an activating group) is 1. The third-order valence-corrected chi connectivity index (χ3v) is 11.8. The maximum Gasteiger partial charge on any atom is 0.270 e. The van der Waals surface area contributed by atoms with Crippen molar-refractivity contribution in [1.82, 2.24) is 35.8 Å². The number of aryl methyl sites for hydroxylation is 1. The van der Waals surface area contributed by atoms with Gasteiger partial charge in [0.2, 0.25) is 5.91 Å². The van der Waals surface area contributed by atoms with Crippen molar-refractivity contribution in [3.63, 3.8) is 0 Å². The summed E-state index contributed by atoms with van der Waals surface area (Å²) in [6.07, 6.45) is 5.20. The summed E-state index contributed by atoms with van der Waals surface area (Å²) >= 11 is 0. The highest BCUT2D eigenvalue weighted by Crippen LogP contribution is 2.43. The highest BCUT2D eigenvalue weighted by atomic mass is 19.3. The Morgan fingerprint density at radius 2 is 1.63 bits per heavy atom. The lowest BCUT2D eigenvalue weighted by Gasteiger charge is -2.33. The third kappa shape index (κ3) is 8.49. The van der Waals surface area contributed by atoms with Gasteiger partial charge in [0.1, 0.15) is 11.7 Å². The maximum atomic E-state index is 14.9. The lowest BCUT2D eigenvalue weighted by atomic mass is 9.91. The van der Waals surface area contributed by atoms with Gasteiger partial charge in [0, 0.05) is 103 Å². The van der Waals surface area contributed by atoms with E-state index in [0.29, 0.717) is 46.5 Å². The maximum absolute atomic E-state index is 14.9. The predicted molar refractivity (Wildman–Crippen MR) is 241 cm³/mol. The number of H-pyrrole nitrogens is 1. The van der Waals surface area contributed by atoms with Gasteiger partial charge in [-0.05, 0) is 102 Å². The zero-order chi connectivity index (χ0) is 45.1. The number of nitrogens with zero attached hydrogens (tertiary/aromatic N) is 4. The van der Waals surface area contributed by atoms with Crippen LogP contribution in [0.25, 0.3) is 33.2 Å². The Labute approximate surface area is 365 Å². The molecular weight excluding hydrogens is 803 g/mol. The van der Waals surface area contributed by atoms with E-state index in [-0.39, 0.29) is 48.0 Å². The average Bonchev–Trinajstić information content (AvgIpc) is 3.90. The molecule has 0 spiro atoms. The predicted octanol–water partition coefficient (Wildman–Crippen LogP) is 8.84. The van der Waals surface area contributed by atoms with Crippen LogP contribution in [0.15, 0.2) is 85.5 Å². The summed E-state index contributed by atoms with van der Waals surface area (Å²) in [5.74, 6) is -0.989. The number of amides is 4. The fraction of sp³-hybridized carbons (Fsp3) is 0.306. The first-order valence-corrected chi connectivity index (χ1v) is 21.3. The number of aromatic nitrogens is 3. The first-order valence-electron chi connectivity index (χ1n) is 21.3. The normalized spacial score (nSPS) is 13.7. The minimum Gasteiger partial charge on any atom is -0.360 e. The number of carbonyl (C=O) groups excluding carboxylic acids is 4. The number of fused-ring (bicyclic) bond motifs is 3. The Balaban J connectivity index is 0.00000293. The highest BCUT2D eigenvalue weighted by Gasteiger charge is 2.35. The van der Waals surface area contributed by atoms with Gasteiger partial charge in [-0.3, -0.25) is 29.1 Å². The van der Waals surface area contributed by atoms with E-state index in [2.05, 4.69) is 55.7 Å². The van der Waals surface area contributed by atoms with Crippen molar-refractivity contribution in [2.24, 2.45) is 0 Å². The van der Waals surface area contributed by atoms with Crippen LogP contribution in [-0.2, 0) is 24.3 Å². The molecule has 0 fully saturated rings. The van der Waals surface area contributed by atoms with Gasteiger partial charge >= 0.3 is 0 Å². The molecule has 12 nitrogen and oxygen atoms in total. The molecule has 2 aliphatic rings. The van der Waals surface area contributed by atoms with Crippen molar-refractivity contribution in [3.05, 3.63) is 130 Å². The molecule has 14 heteroatoms. The third-order valence-electron chi connectivity index (χ3n) is 11.8. The monoisotopic (exact) mass is 854 g/mol. The first-order chi connectivity index (χ1) is 30.4. The van der Waals surface area contributed by atoms with Crippen LogP contribution in [0, 0.1) is 0 Å². The average molecular weight is 855 g/mol. The summed E-state index contributed by atoms with van der Waals surface area (Å²) in [6.45, 7) is 10.9. The topological polar surface area (TPSA) is 152 Å². The fourth-order valence-corrected chi connectivity index (χ4v) is 8.51. The van der Waals surface area contributed by atoms with Gasteiger partial charge in [0.25, 0.3) is 24.1 Å². The van der Waals surface area contributed by atoms with E-state index >= 15 is 0 Å². The minimum absolute atomic E-state index is 0.123. The number of aromatic amines is 1. The number of carbonyl (C=O) groups is 4. The number of nitrogens with one attached hydrogen (secondary N) is 4. The number of hydrogen-bond acceptors (Lipinski definition) is 7. The van der Waals surface area contributed by atoms with Crippen LogP contribution in [-0.4, -0.2) is 70.2 Å². The van der Waals surface area contributed by atoms with Crippen molar-refractivity contribution in [2.75, 3.05) is 25.5 Å². The van der Waals surface area contributed by atoms with Crippen molar-refractivity contribution in [1.29, 1.82) is 0 Å². The second kappa shape index (κ2) is 18.6. The number of hydrogen-bond donors (Lipinski definition) is 4. The number of alkyl halides is 2. The molecule has 0 aliphatic carbocycles. The van der Waals surface area contributed by atoms with Gasteiger partial charge in [-0.15, -0.1) is 0 Å². The smallest absolute Gasteiger partial charge is 0.270 e. The second-order valence-corrected chi connectivity index (χ2v) is 15.8. The Morgan fingerprint density at radius 1 is 0.857 bits per heavy atom. The van der Waals surface area contributed by atoms with E-state index in [1.807, 2.05) is 38.1 Å². The summed E-state index contributed by atoms with van der Waals surface area (Å²) < 4.78 is 29.8. The van der Waals surface area contributed by atoms with Crippen LogP contribution in [0.4, 0.5) is 20.2 Å². The Bertz CT molecular complexity index is 2710. The van der Waals surface area contributed by atoms with Crippen molar-refractivity contribution >= 4 is 45.9 Å². The molecule has 326 valence electrons. The Hall–Kier alpha value is -6.96. The number of halogens is 2. The number of benzene rings is 3. The molecule has 2 aliphatic heterocycles. The molecular formula is C49H52F2N8O4. The van der Waals surface area contributed by atoms with Crippen molar-refractivity contribution in [3.8, 4) is 22.3 Å². The molecule has 1 atom stereocenters. The molecule has 63 heavy (non-hydrogen) atoms. The number of pyridine rings is 2. The first kappa shape index (κ1) is 44.1. The van der Waals surface area contributed by atoms with Gasteiger partial charge in [0.05, 0.1) is 5.56 Å². The molecule has 3 aromatic carbocycles. The highest BCUT2D eigenvalue weighted by molar-refractivity contribution is 6.08. The summed E-state index contributed by atoms with van der Waals surface area (Å²) in [5.41, 5.74) is 9.27. The molecule has 0 bridgehead atoms. The summed E-state index contributed by atoms with van der Waals surface area (Å²) in [6, 6.07) is 17.3. The standard InChI is InChI=1S/C47H46F2N8O4.C2H6/c1-25(2)34-16-31(17-36-38(45(59)51-5)23-54-42(34)36)56-13-7-8-28-15-35(37(43(48)49)18-41(28)56)29-11-12-40(53-22-29)46(60)55-20-27-14-30(21-52-19-27)32-9-6-10-33-39(32)24-57(47(33)61)26(3)44(58)50-4;1-2/h6,9-12,14-19,21-23,25-26,43,54H,7-8,13,20,24H2,1-5H3,(H,50,58)(H,51,59)(H,55,60);1-2H3. The molecule has 6 aromatic rings. The molecule has 4 amide bonds. The molecule has 5 heterocycles. The molecule has 3 aromatic heterocycles. The van der Waals surface area contributed by atoms with E-state index in [9.17, 15) is 28.0 Å². The molecule has 1 unspecified atom stereocenters. The molecule has 8 rings (SSSR count). The fourth-order valence-electron chi connectivity index (χ4n) is 8.51. The van der Waals surface area contributed by atoms with Gasteiger partial charge in [-0.1, -0.05) is 45.9 Å². The largest absolute Gasteiger partial charge is 0.360 e. The molecule has 0 radical (unpaired) electrons. The van der Waals surface area contributed by atoms with E-state index in [1.54, 1.807) is 56.8 Å². The van der Waals surface area contributed by atoms with Crippen LogP contribution in [0.3, 0.4) is 0 Å². The van der Waals surface area contributed by atoms with Crippen LogP contribution < -0.4 is 20.9 Å². The Kier molecular flexibility index (Phi) is 13.0. The molecule has 0 saturated carbocycles.